The lowest BCUT2D eigenvalue weighted by Crippen LogP contribution is -1.84. The van der Waals surface area contributed by atoms with Crippen molar-refractivity contribution in [1.82, 2.24) is 0 Å². The van der Waals surface area contributed by atoms with Crippen molar-refractivity contribution in [2.45, 2.75) is 59.0 Å². The van der Waals surface area contributed by atoms with E-state index in [1.807, 2.05) is 13.0 Å². The zero-order chi connectivity index (χ0) is 14.1. The first-order valence-corrected chi connectivity index (χ1v) is 7.61. The molecule has 1 aromatic heterocycles. The number of halogens is 1. The summed E-state index contributed by atoms with van der Waals surface area (Å²) in [7, 11) is 0. The van der Waals surface area contributed by atoms with Crippen LogP contribution in [0.25, 0.3) is 0 Å². The minimum atomic E-state index is -0.00189. The molecule has 1 rings (SSSR count). The van der Waals surface area contributed by atoms with Gasteiger partial charge >= 0.3 is 0 Å². The van der Waals surface area contributed by atoms with E-state index in [-0.39, 0.29) is 6.61 Å². The summed E-state index contributed by atoms with van der Waals surface area (Å²) in [4.78, 5) is 0. The molecule has 0 bridgehead atoms. The van der Waals surface area contributed by atoms with Crippen LogP contribution >= 0.6 is 11.6 Å². The topological polar surface area (TPSA) is 33.4 Å². The molecule has 0 radical (unpaired) electrons. The Balaban J connectivity index is 2.10. The van der Waals surface area contributed by atoms with Crippen molar-refractivity contribution >= 4 is 11.6 Å². The molecule has 19 heavy (non-hydrogen) atoms. The first kappa shape index (κ1) is 16.3. The largest absolute Gasteiger partial charge is 0.463 e. The summed E-state index contributed by atoms with van der Waals surface area (Å²) in [6.45, 7) is 4.05. The van der Waals surface area contributed by atoms with Crippen LogP contribution in [0.5, 0.6) is 0 Å². The molecule has 2 nitrogen and oxygen atoms in total. The second-order valence-corrected chi connectivity index (χ2v) is 5.38. The van der Waals surface area contributed by atoms with Gasteiger partial charge in [0.05, 0.1) is 0 Å². The lowest BCUT2D eigenvalue weighted by Gasteiger charge is -1.99. The number of aryl methyl sites for hydroxylation is 2. The molecule has 0 atom stereocenters. The number of rotatable bonds is 9. The van der Waals surface area contributed by atoms with Crippen LogP contribution in [0.3, 0.4) is 0 Å². The summed E-state index contributed by atoms with van der Waals surface area (Å²) < 4.78 is 5.56. The van der Waals surface area contributed by atoms with E-state index in [1.54, 1.807) is 0 Å². The maximum Gasteiger partial charge on any atom is 0.132 e. The average Bonchev–Trinajstić information content (AvgIpc) is 2.77. The highest BCUT2D eigenvalue weighted by atomic mass is 35.5. The molecule has 0 saturated carbocycles. The van der Waals surface area contributed by atoms with Gasteiger partial charge in [0.1, 0.15) is 18.1 Å². The van der Waals surface area contributed by atoms with Gasteiger partial charge in [-0.25, -0.2) is 0 Å². The van der Waals surface area contributed by atoms with Crippen molar-refractivity contribution < 1.29 is 9.52 Å². The fourth-order valence-electron chi connectivity index (χ4n) is 2.07. The van der Waals surface area contributed by atoms with Crippen molar-refractivity contribution in [3.8, 4) is 0 Å². The minimum absolute atomic E-state index is 0.00189. The van der Waals surface area contributed by atoms with Gasteiger partial charge in [0, 0.05) is 12.3 Å². The lowest BCUT2D eigenvalue weighted by molar-refractivity contribution is 0.242. The Labute approximate surface area is 121 Å². The Morgan fingerprint density at radius 1 is 1.32 bits per heavy atom. The van der Waals surface area contributed by atoms with Crippen LogP contribution < -0.4 is 0 Å². The van der Waals surface area contributed by atoms with E-state index in [1.165, 1.54) is 24.8 Å². The van der Waals surface area contributed by atoms with Crippen LogP contribution in [-0.2, 0) is 13.0 Å². The quantitative estimate of drug-likeness (QED) is 0.403. The fourth-order valence-corrected chi connectivity index (χ4v) is 2.18. The fraction of sp³-hybridized carbons (Fsp3) is 0.625. The summed E-state index contributed by atoms with van der Waals surface area (Å²) in [6, 6.07) is 2.04. The van der Waals surface area contributed by atoms with Gasteiger partial charge in [-0.1, -0.05) is 24.5 Å². The first-order valence-electron chi connectivity index (χ1n) is 7.08. The van der Waals surface area contributed by atoms with E-state index in [4.69, 9.17) is 21.1 Å². The molecular weight excluding hydrogens is 260 g/mol. The number of unbranched alkanes of at least 4 members (excludes halogenated alkanes) is 4. The summed E-state index contributed by atoms with van der Waals surface area (Å²) in [6.07, 6.45) is 9.19. The van der Waals surface area contributed by atoms with Crippen LogP contribution in [-0.4, -0.2) is 11.0 Å². The third kappa shape index (κ3) is 6.31. The van der Waals surface area contributed by atoms with E-state index < -0.39 is 0 Å². The molecule has 0 unspecified atom stereocenters. The first-order chi connectivity index (χ1) is 9.17. The Morgan fingerprint density at radius 3 is 2.68 bits per heavy atom. The van der Waals surface area contributed by atoms with E-state index in [0.29, 0.717) is 11.6 Å². The molecule has 0 fully saturated rings. The molecule has 1 heterocycles. The van der Waals surface area contributed by atoms with E-state index in [2.05, 4.69) is 13.0 Å². The normalized spacial score (nSPS) is 12.1. The van der Waals surface area contributed by atoms with E-state index >= 15 is 0 Å². The summed E-state index contributed by atoms with van der Waals surface area (Å²) in [5, 5.41) is 9.06. The second-order valence-electron chi connectivity index (χ2n) is 5.11. The van der Waals surface area contributed by atoms with Gasteiger partial charge < -0.3 is 9.52 Å². The highest BCUT2D eigenvalue weighted by Gasteiger charge is 2.05. The molecule has 0 aliphatic carbocycles. The number of hydrogen-bond donors (Lipinski definition) is 1. The van der Waals surface area contributed by atoms with Gasteiger partial charge in [-0.15, -0.1) is 11.6 Å². The van der Waals surface area contributed by atoms with E-state index in [9.17, 15) is 0 Å². The highest BCUT2D eigenvalue weighted by molar-refractivity contribution is 6.19. The van der Waals surface area contributed by atoms with Gasteiger partial charge in [0.15, 0.2) is 0 Å². The zero-order valence-corrected chi connectivity index (χ0v) is 12.8. The smallest absolute Gasteiger partial charge is 0.132 e. The third-order valence-electron chi connectivity index (χ3n) is 3.30. The molecule has 1 aromatic rings. The highest BCUT2D eigenvalue weighted by Crippen LogP contribution is 2.17. The third-order valence-corrected chi connectivity index (χ3v) is 3.72. The summed E-state index contributed by atoms with van der Waals surface area (Å²) in [5.74, 6) is 2.35. The Morgan fingerprint density at radius 2 is 2.05 bits per heavy atom. The maximum absolute atomic E-state index is 9.06. The van der Waals surface area contributed by atoms with Crippen molar-refractivity contribution in [1.29, 1.82) is 0 Å². The number of hydrogen-bond acceptors (Lipinski definition) is 2. The minimum Gasteiger partial charge on any atom is -0.463 e. The second kappa shape index (κ2) is 9.22. The monoisotopic (exact) mass is 284 g/mol. The molecule has 0 amide bonds. The van der Waals surface area contributed by atoms with E-state index in [0.717, 1.165) is 30.6 Å². The molecular formula is C16H25ClO2. The zero-order valence-electron chi connectivity index (χ0n) is 12.0. The number of allylic oxidation sites excluding steroid dienone is 2. The molecule has 0 aliphatic rings. The Hall–Kier alpha value is -0.730. The van der Waals surface area contributed by atoms with Crippen LogP contribution in [0, 0.1) is 6.92 Å². The standard InChI is InChI=1S/C16H25ClO2/c1-13(11-17)8-6-4-3-5-7-9-15-10-14(2)16(12-18)19-15/h8,10,18H,3-7,9,11-12H2,1-2H3/b13-8+. The lowest BCUT2D eigenvalue weighted by atomic mass is 10.1. The maximum atomic E-state index is 9.06. The molecule has 0 aliphatic heterocycles. The number of alkyl halides is 1. The SMILES string of the molecule is C/C(=C\CCCCCCc1cc(C)c(CO)o1)CCl. The van der Waals surface area contributed by atoms with Gasteiger partial charge in [-0.2, -0.15) is 0 Å². The molecule has 0 aromatic carbocycles. The van der Waals surface area contributed by atoms with Crippen LogP contribution in [0.1, 0.15) is 56.1 Å². The van der Waals surface area contributed by atoms with Crippen LogP contribution in [0.15, 0.2) is 22.1 Å². The van der Waals surface area contributed by atoms with Crippen molar-refractivity contribution in [2.75, 3.05) is 5.88 Å². The van der Waals surface area contributed by atoms with Crippen molar-refractivity contribution in [3.63, 3.8) is 0 Å². The van der Waals surface area contributed by atoms with Crippen molar-refractivity contribution in [3.05, 3.63) is 34.8 Å². The number of furan rings is 1. The molecule has 0 saturated heterocycles. The summed E-state index contributed by atoms with van der Waals surface area (Å²) >= 11 is 5.71. The predicted octanol–water partition coefficient (Wildman–Crippen LogP) is 4.76. The molecule has 3 heteroatoms. The molecule has 108 valence electrons. The number of aliphatic hydroxyl groups excluding tert-OH is 1. The van der Waals surface area contributed by atoms with Crippen molar-refractivity contribution in [2.24, 2.45) is 0 Å². The average molecular weight is 285 g/mol. The van der Waals surface area contributed by atoms with Gasteiger partial charge in [-0.05, 0) is 44.7 Å². The Kier molecular flexibility index (Phi) is 7.92. The van der Waals surface area contributed by atoms with Crippen LogP contribution in [0.2, 0.25) is 0 Å². The van der Waals surface area contributed by atoms with Gasteiger partial charge in [0.25, 0.3) is 0 Å². The summed E-state index contributed by atoms with van der Waals surface area (Å²) in [5.41, 5.74) is 2.32. The Bertz CT molecular complexity index is 393. The molecule has 1 N–H and O–H groups in total. The predicted molar refractivity (Wildman–Crippen MR) is 80.6 cm³/mol. The van der Waals surface area contributed by atoms with Gasteiger partial charge in [-0.3, -0.25) is 0 Å². The molecule has 0 spiro atoms. The van der Waals surface area contributed by atoms with Crippen LogP contribution in [0.4, 0.5) is 0 Å². The van der Waals surface area contributed by atoms with Gasteiger partial charge in [0.2, 0.25) is 0 Å². The number of aliphatic hydroxyl groups is 1.